The summed E-state index contributed by atoms with van der Waals surface area (Å²) in [6.45, 7) is 14.2. The summed E-state index contributed by atoms with van der Waals surface area (Å²) < 4.78 is 68.5. The second kappa shape index (κ2) is 64.4. The molecule has 0 amide bonds. The summed E-state index contributed by atoms with van der Waals surface area (Å²) >= 11 is 0. The highest BCUT2D eigenvalue weighted by molar-refractivity contribution is 7.47. The third-order valence-electron chi connectivity index (χ3n) is 18.0. The van der Waals surface area contributed by atoms with Crippen molar-refractivity contribution in [2.45, 2.75) is 395 Å². The smallest absolute Gasteiger partial charge is 0.462 e. The van der Waals surface area contributed by atoms with Gasteiger partial charge < -0.3 is 33.8 Å². The highest BCUT2D eigenvalue weighted by atomic mass is 31.2. The lowest BCUT2D eigenvalue weighted by atomic mass is 9.99. The zero-order valence-corrected chi connectivity index (χ0v) is 63.4. The number of phosphoric ester groups is 2. The molecule has 0 heterocycles. The fourth-order valence-corrected chi connectivity index (χ4v) is 12.9. The molecular formula is C75H146O17P2. The lowest BCUT2D eigenvalue weighted by Crippen LogP contribution is -2.30. The molecule has 0 fully saturated rings. The van der Waals surface area contributed by atoms with E-state index < -0.39 is 97.5 Å². The van der Waals surface area contributed by atoms with Gasteiger partial charge in [0.1, 0.15) is 19.3 Å². The van der Waals surface area contributed by atoms with E-state index in [9.17, 15) is 43.2 Å². The van der Waals surface area contributed by atoms with E-state index in [1.807, 2.05) is 0 Å². The molecule has 0 aromatic carbocycles. The second-order valence-electron chi connectivity index (χ2n) is 28.5. The Labute approximate surface area is 575 Å². The van der Waals surface area contributed by atoms with Crippen LogP contribution in [0.3, 0.4) is 0 Å². The van der Waals surface area contributed by atoms with Crippen LogP contribution in [0.15, 0.2) is 0 Å². The summed E-state index contributed by atoms with van der Waals surface area (Å²) in [4.78, 5) is 72.8. The van der Waals surface area contributed by atoms with Gasteiger partial charge >= 0.3 is 39.5 Å². The number of aliphatic hydroxyl groups is 1. The molecule has 0 saturated carbocycles. The van der Waals surface area contributed by atoms with Crippen molar-refractivity contribution < 1.29 is 80.2 Å². The molecule has 5 unspecified atom stereocenters. The molecule has 0 aliphatic carbocycles. The largest absolute Gasteiger partial charge is 0.472 e. The van der Waals surface area contributed by atoms with Gasteiger partial charge in [-0.3, -0.25) is 37.3 Å². The minimum Gasteiger partial charge on any atom is -0.462 e. The summed E-state index contributed by atoms with van der Waals surface area (Å²) in [6.07, 6.45) is 48.4. The van der Waals surface area contributed by atoms with Gasteiger partial charge in [0, 0.05) is 25.7 Å². The molecule has 0 rings (SSSR count). The predicted octanol–water partition coefficient (Wildman–Crippen LogP) is 21.7. The van der Waals surface area contributed by atoms with Crippen LogP contribution < -0.4 is 0 Å². The Morgan fingerprint density at radius 3 is 0.755 bits per heavy atom. The van der Waals surface area contributed by atoms with Gasteiger partial charge in [-0.1, -0.05) is 325 Å². The Bertz CT molecular complexity index is 1850. The highest BCUT2D eigenvalue weighted by Crippen LogP contribution is 2.45. The van der Waals surface area contributed by atoms with Gasteiger partial charge in [0.15, 0.2) is 12.2 Å². The van der Waals surface area contributed by atoms with Crippen LogP contribution in [0, 0.1) is 23.7 Å². The molecule has 17 nitrogen and oxygen atoms in total. The third-order valence-corrected chi connectivity index (χ3v) is 19.9. The van der Waals surface area contributed by atoms with Crippen molar-refractivity contribution in [3.63, 3.8) is 0 Å². The Morgan fingerprint density at radius 1 is 0.298 bits per heavy atom. The summed E-state index contributed by atoms with van der Waals surface area (Å²) in [5.41, 5.74) is 0. The van der Waals surface area contributed by atoms with Crippen LogP contribution >= 0.6 is 15.6 Å². The van der Waals surface area contributed by atoms with E-state index in [0.717, 1.165) is 114 Å². The number of carbonyl (C=O) groups excluding carboxylic acids is 4. The van der Waals surface area contributed by atoms with Crippen molar-refractivity contribution in [1.82, 2.24) is 0 Å². The minimum absolute atomic E-state index is 0.104. The van der Waals surface area contributed by atoms with Crippen LogP contribution in [-0.4, -0.2) is 96.7 Å². The summed E-state index contributed by atoms with van der Waals surface area (Å²) in [6, 6.07) is 0. The first kappa shape index (κ1) is 92.1. The van der Waals surface area contributed by atoms with Crippen molar-refractivity contribution in [2.75, 3.05) is 39.6 Å². The molecule has 19 heteroatoms. The maximum atomic E-state index is 13.1. The van der Waals surface area contributed by atoms with E-state index in [4.69, 9.17) is 37.0 Å². The standard InChI is InChI=1S/C75H146O17P2/c1-9-67(7)53-45-37-29-20-17-18-21-31-39-47-55-72(77)85-61-70(91-74(79)57-49-41-33-22-16-14-12-11-13-15-19-27-35-43-51-65(3)4)63-89-93(81,82)87-59-69(76)60-88-94(83,84)90-64-71(62-86-73(78)56-48-40-32-25-23-28-36-44-52-66(5)6)92-75(80)58-50-42-34-26-24-30-38-46-54-68(8)10-2/h65-71,76H,9-64H2,1-8H3,(H,81,82)(H,83,84)/t67?,68?,69?,70-,71-/m1/s1. The molecule has 0 aliphatic rings. The van der Waals surface area contributed by atoms with Crippen molar-refractivity contribution in [1.29, 1.82) is 0 Å². The Hall–Kier alpha value is -1.94. The van der Waals surface area contributed by atoms with Crippen molar-refractivity contribution >= 4 is 39.5 Å². The topological polar surface area (TPSA) is 237 Å². The van der Waals surface area contributed by atoms with Crippen LogP contribution in [-0.2, 0) is 65.4 Å². The lowest BCUT2D eigenvalue weighted by molar-refractivity contribution is -0.161. The van der Waals surface area contributed by atoms with Gasteiger partial charge in [-0.15, -0.1) is 0 Å². The van der Waals surface area contributed by atoms with Gasteiger partial charge in [0.2, 0.25) is 0 Å². The first-order valence-corrected chi connectivity index (χ1v) is 41.8. The number of hydrogen-bond acceptors (Lipinski definition) is 15. The van der Waals surface area contributed by atoms with E-state index in [-0.39, 0.29) is 25.7 Å². The molecule has 0 saturated heterocycles. The lowest BCUT2D eigenvalue weighted by Gasteiger charge is -2.21. The third kappa shape index (κ3) is 66.0. The van der Waals surface area contributed by atoms with Crippen molar-refractivity contribution in [3.8, 4) is 0 Å². The quantitative estimate of drug-likeness (QED) is 0.0222. The number of unbranched alkanes of at least 4 members (excludes halogenated alkanes) is 36. The molecule has 0 aliphatic heterocycles. The second-order valence-corrected chi connectivity index (χ2v) is 31.4. The van der Waals surface area contributed by atoms with Gasteiger partial charge in [0.25, 0.3) is 0 Å². The summed E-state index contributed by atoms with van der Waals surface area (Å²) in [5, 5.41) is 10.6. The molecule has 0 aromatic rings. The molecule has 3 N–H and O–H groups in total. The molecule has 0 radical (unpaired) electrons. The van der Waals surface area contributed by atoms with Crippen LogP contribution in [0.25, 0.3) is 0 Å². The van der Waals surface area contributed by atoms with Gasteiger partial charge in [0.05, 0.1) is 26.4 Å². The number of rotatable bonds is 72. The maximum absolute atomic E-state index is 13.1. The zero-order valence-electron chi connectivity index (χ0n) is 61.6. The molecule has 0 bridgehead atoms. The minimum atomic E-state index is -4.96. The van der Waals surface area contributed by atoms with Gasteiger partial charge in [-0.25, -0.2) is 9.13 Å². The molecule has 558 valence electrons. The average molecular weight is 1380 g/mol. The van der Waals surface area contributed by atoms with Crippen LogP contribution in [0.1, 0.15) is 376 Å². The van der Waals surface area contributed by atoms with E-state index >= 15 is 0 Å². The molecule has 0 aromatic heterocycles. The molecule has 0 spiro atoms. The number of phosphoric acid groups is 2. The van der Waals surface area contributed by atoms with E-state index in [1.54, 1.807) is 0 Å². The predicted molar refractivity (Wildman–Crippen MR) is 381 cm³/mol. The monoisotopic (exact) mass is 1380 g/mol. The Kier molecular flexibility index (Phi) is 63.1. The van der Waals surface area contributed by atoms with Crippen molar-refractivity contribution in [2.24, 2.45) is 23.7 Å². The number of aliphatic hydroxyl groups excluding tert-OH is 1. The fourth-order valence-electron chi connectivity index (χ4n) is 11.3. The van der Waals surface area contributed by atoms with Crippen LogP contribution in [0.4, 0.5) is 0 Å². The normalized spacial score (nSPS) is 14.7. The van der Waals surface area contributed by atoms with E-state index in [0.29, 0.717) is 25.7 Å². The highest BCUT2D eigenvalue weighted by Gasteiger charge is 2.30. The van der Waals surface area contributed by atoms with Crippen LogP contribution in [0.2, 0.25) is 0 Å². The first-order valence-electron chi connectivity index (χ1n) is 38.8. The average Bonchev–Trinajstić information content (AvgIpc) is 1.28. The van der Waals surface area contributed by atoms with E-state index in [2.05, 4.69) is 55.4 Å². The number of hydrogen-bond donors (Lipinski definition) is 3. The number of esters is 4. The zero-order chi connectivity index (χ0) is 69.6. The Balaban J connectivity index is 5.27. The first-order chi connectivity index (χ1) is 45.2. The number of ether oxygens (including phenoxy) is 4. The molecule has 7 atom stereocenters. The van der Waals surface area contributed by atoms with Crippen LogP contribution in [0.5, 0.6) is 0 Å². The van der Waals surface area contributed by atoms with Gasteiger partial charge in [-0.2, -0.15) is 0 Å². The van der Waals surface area contributed by atoms with Crippen molar-refractivity contribution in [3.05, 3.63) is 0 Å². The Morgan fingerprint density at radius 2 is 0.511 bits per heavy atom. The maximum Gasteiger partial charge on any atom is 0.472 e. The number of carbonyl (C=O) groups is 4. The summed E-state index contributed by atoms with van der Waals surface area (Å²) in [5.74, 6) is 0.977. The van der Waals surface area contributed by atoms with Gasteiger partial charge in [-0.05, 0) is 49.4 Å². The molecular weight excluding hydrogens is 1230 g/mol. The SMILES string of the molecule is CCC(C)CCCCCCCCCCCCC(=O)OC[C@H](COP(=O)(O)OCC(O)COP(=O)(O)OC[C@@H](COC(=O)CCCCCCCCCCC(C)C)OC(=O)CCCCCCCCCCC(C)CC)OC(=O)CCCCCCCCCCCCCCCCC(C)C. The summed E-state index contributed by atoms with van der Waals surface area (Å²) in [7, 11) is -9.91. The molecule has 94 heavy (non-hydrogen) atoms. The van der Waals surface area contributed by atoms with E-state index in [1.165, 1.54) is 180 Å². The fraction of sp³-hybridized carbons (Fsp3) is 0.947.